The van der Waals surface area contributed by atoms with Crippen LogP contribution in [0.1, 0.15) is 27.7 Å². The lowest BCUT2D eigenvalue weighted by Crippen LogP contribution is -2.66. The van der Waals surface area contributed by atoms with E-state index in [4.69, 9.17) is 26.8 Å². The molecule has 0 saturated carbocycles. The van der Waals surface area contributed by atoms with E-state index in [1.165, 1.54) is 31.2 Å². The van der Waals surface area contributed by atoms with Gasteiger partial charge in [-0.2, -0.15) is 0 Å². The van der Waals surface area contributed by atoms with Crippen molar-refractivity contribution < 1.29 is 44.5 Å². The van der Waals surface area contributed by atoms with Crippen LogP contribution in [0.3, 0.4) is 0 Å². The first-order valence-electron chi connectivity index (χ1n) is 12.6. The third-order valence-corrected chi connectivity index (χ3v) is 7.45. The molecule has 226 valence electrons. The maximum Gasteiger partial charge on any atom is 0.133 e. The zero-order valence-corrected chi connectivity index (χ0v) is 23.6. The minimum absolute atomic E-state index is 0.0669. The van der Waals surface area contributed by atoms with Crippen LogP contribution in [0, 0.1) is 0 Å². The Labute approximate surface area is 233 Å². The van der Waals surface area contributed by atoms with Gasteiger partial charge in [0.25, 0.3) is 0 Å². The van der Waals surface area contributed by atoms with Gasteiger partial charge >= 0.3 is 0 Å². The maximum atomic E-state index is 13.9. The molecule has 1 saturated heterocycles. The molecule has 12 N–H and O–H groups in total. The Bertz CT molecular complexity index is 862. The number of thioether (sulfide) groups is 1. The molecule has 0 aromatic rings. The Balaban J connectivity index is 3.16. The standard InChI is InChI=1S/C25H45FN4O8S/c1-5-6-7-16(26)10-13(2)17(27)8-9-30(29)20-21(34)18(12-32)38-25(23(20)36)39-24(37-14(3)11-31)22(35)19(28)15(4)33/h5-8,10,14-15,18-25,31-36H,9,11-12,27-29H2,1-4H3/b6-5-,13-10+,16-7+,17-8?/t14?,15?,18?,19?,20?,21?,22?,23?,24?,25-/m0/s1. The van der Waals surface area contributed by atoms with Crippen LogP contribution in [-0.2, 0) is 9.47 Å². The Hall–Kier alpha value is -1.40. The van der Waals surface area contributed by atoms with Gasteiger partial charge in [-0.25, -0.2) is 9.40 Å². The summed E-state index contributed by atoms with van der Waals surface area (Å²) in [5.74, 6) is 5.69. The third-order valence-electron chi connectivity index (χ3n) is 6.13. The number of hydrogen-bond acceptors (Lipinski definition) is 13. The summed E-state index contributed by atoms with van der Waals surface area (Å²) in [5, 5.41) is 62.8. The highest BCUT2D eigenvalue weighted by Crippen LogP contribution is 2.35. The SMILES string of the molecule is C\C=C/C=C(F)\C=C(/C)C(N)=CCN(N)C1C(O)C(CO)O[C@@H](SC(OC(C)CO)C(O)C(N)C(C)O)C1O. The minimum atomic E-state index is -1.46. The van der Waals surface area contributed by atoms with Crippen LogP contribution in [0.5, 0.6) is 0 Å². The first kappa shape index (κ1) is 35.6. The second-order valence-corrected chi connectivity index (χ2v) is 10.6. The molecule has 0 spiro atoms. The zero-order valence-electron chi connectivity index (χ0n) is 22.7. The summed E-state index contributed by atoms with van der Waals surface area (Å²) in [4.78, 5) is 0. The average Bonchev–Trinajstić information content (AvgIpc) is 2.90. The van der Waals surface area contributed by atoms with Crippen molar-refractivity contribution in [3.63, 3.8) is 0 Å². The van der Waals surface area contributed by atoms with Crippen LogP contribution in [-0.4, -0.2) is 115 Å². The molecule has 0 aromatic heterocycles. The molecule has 0 aromatic carbocycles. The number of hydrazine groups is 1. The molecule has 14 heteroatoms. The van der Waals surface area contributed by atoms with E-state index >= 15 is 0 Å². The van der Waals surface area contributed by atoms with Crippen molar-refractivity contribution in [3.05, 3.63) is 47.5 Å². The largest absolute Gasteiger partial charge is 0.399 e. The first-order chi connectivity index (χ1) is 18.3. The average molecular weight is 581 g/mol. The molecule has 0 amide bonds. The molecule has 0 bridgehead atoms. The van der Waals surface area contributed by atoms with Gasteiger partial charge in [-0.15, -0.1) is 0 Å². The monoisotopic (exact) mass is 580 g/mol. The molecular weight excluding hydrogens is 535 g/mol. The molecule has 12 nitrogen and oxygen atoms in total. The van der Waals surface area contributed by atoms with E-state index in [1.807, 2.05) is 0 Å². The summed E-state index contributed by atoms with van der Waals surface area (Å²) in [5.41, 5.74) is 10.2. The van der Waals surface area contributed by atoms with Crippen molar-refractivity contribution in [2.24, 2.45) is 17.3 Å². The second kappa shape index (κ2) is 17.4. The lowest BCUT2D eigenvalue weighted by Gasteiger charge is -2.46. The number of allylic oxidation sites excluding steroid dienone is 6. The molecule has 0 aliphatic carbocycles. The van der Waals surface area contributed by atoms with E-state index in [1.54, 1.807) is 26.8 Å². The molecule has 0 radical (unpaired) electrons. The lowest BCUT2D eigenvalue weighted by molar-refractivity contribution is -0.189. The molecule has 1 aliphatic heterocycles. The molecule has 9 unspecified atom stereocenters. The van der Waals surface area contributed by atoms with Crippen LogP contribution < -0.4 is 17.3 Å². The fourth-order valence-corrected chi connectivity index (χ4v) is 5.04. The van der Waals surface area contributed by atoms with Crippen LogP contribution in [0.25, 0.3) is 0 Å². The van der Waals surface area contributed by atoms with Gasteiger partial charge in [0.05, 0.1) is 37.5 Å². The van der Waals surface area contributed by atoms with Gasteiger partial charge in [-0.1, -0.05) is 23.9 Å². The normalized spacial score (nSPS) is 29.5. The van der Waals surface area contributed by atoms with Gasteiger partial charge in [-0.05, 0) is 51.5 Å². The van der Waals surface area contributed by atoms with Crippen LogP contribution in [0.15, 0.2) is 47.5 Å². The predicted molar refractivity (Wildman–Crippen MR) is 147 cm³/mol. The topological polar surface area (TPSA) is 221 Å². The number of aliphatic hydroxyl groups excluding tert-OH is 6. The van der Waals surface area contributed by atoms with E-state index in [0.717, 1.165) is 16.8 Å². The van der Waals surface area contributed by atoms with Gasteiger partial charge in [0, 0.05) is 12.2 Å². The van der Waals surface area contributed by atoms with Crippen molar-refractivity contribution in [3.8, 4) is 0 Å². The van der Waals surface area contributed by atoms with E-state index in [2.05, 4.69) is 0 Å². The second-order valence-electron chi connectivity index (χ2n) is 9.40. The summed E-state index contributed by atoms with van der Waals surface area (Å²) in [7, 11) is 0. The quantitative estimate of drug-likeness (QED) is 0.0477. The van der Waals surface area contributed by atoms with Crippen molar-refractivity contribution in [1.82, 2.24) is 5.01 Å². The molecule has 10 atom stereocenters. The van der Waals surface area contributed by atoms with Gasteiger partial charge in [-0.3, -0.25) is 5.84 Å². The molecule has 1 fully saturated rings. The Morgan fingerprint density at radius 2 is 1.85 bits per heavy atom. The Morgan fingerprint density at radius 3 is 2.38 bits per heavy atom. The van der Waals surface area contributed by atoms with Crippen LogP contribution in [0.2, 0.25) is 0 Å². The summed E-state index contributed by atoms with van der Waals surface area (Å²) in [6.45, 7) is 5.24. The fourth-order valence-electron chi connectivity index (χ4n) is 3.65. The highest BCUT2D eigenvalue weighted by molar-refractivity contribution is 8.00. The van der Waals surface area contributed by atoms with E-state index in [0.29, 0.717) is 5.57 Å². The zero-order chi connectivity index (χ0) is 29.9. The van der Waals surface area contributed by atoms with Gasteiger partial charge < -0.3 is 51.6 Å². The number of halogens is 1. The summed E-state index contributed by atoms with van der Waals surface area (Å²) in [6, 6.07) is -2.29. The number of rotatable bonds is 15. The number of nitrogens with two attached hydrogens (primary N) is 3. The molecule has 1 heterocycles. The molecule has 1 rings (SSSR count). The highest BCUT2D eigenvalue weighted by atomic mass is 32.2. The van der Waals surface area contributed by atoms with Crippen molar-refractivity contribution in [1.29, 1.82) is 0 Å². The van der Waals surface area contributed by atoms with E-state index in [9.17, 15) is 35.0 Å². The number of nitrogens with zero attached hydrogens (tertiary/aromatic N) is 1. The number of aliphatic hydroxyl groups is 6. The van der Waals surface area contributed by atoms with Gasteiger partial charge in [0.1, 0.15) is 41.1 Å². The number of ether oxygens (including phenoxy) is 2. The predicted octanol–water partition coefficient (Wildman–Crippen LogP) is -1.29. The fraction of sp³-hybridized carbons (Fsp3) is 0.680. The van der Waals surface area contributed by atoms with E-state index in [-0.39, 0.29) is 18.8 Å². The van der Waals surface area contributed by atoms with Crippen molar-refractivity contribution in [2.45, 2.75) is 87.3 Å². The summed E-state index contributed by atoms with van der Waals surface area (Å²) < 4.78 is 25.3. The molecule has 1 aliphatic rings. The highest BCUT2D eigenvalue weighted by Gasteiger charge is 2.48. The van der Waals surface area contributed by atoms with Crippen molar-refractivity contribution in [2.75, 3.05) is 19.8 Å². The summed E-state index contributed by atoms with van der Waals surface area (Å²) >= 11 is 0.802. The molecule has 39 heavy (non-hydrogen) atoms. The first-order valence-corrected chi connectivity index (χ1v) is 13.5. The number of hydrogen-bond donors (Lipinski definition) is 9. The molecular formula is C25H45FN4O8S. The maximum absolute atomic E-state index is 13.9. The van der Waals surface area contributed by atoms with Crippen molar-refractivity contribution >= 4 is 11.8 Å². The summed E-state index contributed by atoms with van der Waals surface area (Å²) in [6.07, 6.45) is -0.0916. The van der Waals surface area contributed by atoms with Gasteiger partial charge in [0.15, 0.2) is 0 Å². The van der Waals surface area contributed by atoms with Gasteiger partial charge in [0.2, 0.25) is 0 Å². The third kappa shape index (κ3) is 10.8. The smallest absolute Gasteiger partial charge is 0.133 e. The lowest BCUT2D eigenvalue weighted by atomic mass is 9.96. The van der Waals surface area contributed by atoms with Crippen LogP contribution in [0.4, 0.5) is 4.39 Å². The van der Waals surface area contributed by atoms with E-state index < -0.39 is 72.0 Å². The van der Waals surface area contributed by atoms with Crippen LogP contribution >= 0.6 is 11.8 Å². The Kier molecular flexibility index (Phi) is 15.9. The minimum Gasteiger partial charge on any atom is -0.399 e. The Morgan fingerprint density at radius 1 is 1.21 bits per heavy atom.